The number of amides is 2. The molecule has 0 unspecified atom stereocenters. The molecule has 7 heteroatoms. The molecule has 2 aliphatic rings. The van der Waals surface area contributed by atoms with E-state index in [-0.39, 0.29) is 23.9 Å². The van der Waals surface area contributed by atoms with E-state index >= 15 is 0 Å². The number of nitrogens with zero attached hydrogens (tertiary/aromatic N) is 4. The van der Waals surface area contributed by atoms with Crippen molar-refractivity contribution >= 4 is 6.03 Å². The molecule has 0 spiro atoms. The third-order valence-corrected chi connectivity index (χ3v) is 5.66. The van der Waals surface area contributed by atoms with Gasteiger partial charge in [0, 0.05) is 19.5 Å². The summed E-state index contributed by atoms with van der Waals surface area (Å²) in [6, 6.07) is 5.95. The highest BCUT2D eigenvalue weighted by Crippen LogP contribution is 2.32. The van der Waals surface area contributed by atoms with Crippen LogP contribution in [0.15, 0.2) is 24.3 Å². The number of fused-ring (bicyclic) bond motifs is 1. The van der Waals surface area contributed by atoms with Crippen LogP contribution in [0.4, 0.5) is 9.18 Å². The summed E-state index contributed by atoms with van der Waals surface area (Å²) in [6.45, 7) is 3.57. The van der Waals surface area contributed by atoms with Crippen molar-refractivity contribution in [1.82, 2.24) is 25.0 Å². The van der Waals surface area contributed by atoms with Gasteiger partial charge in [0.1, 0.15) is 11.6 Å². The van der Waals surface area contributed by atoms with Crippen LogP contribution in [0.5, 0.6) is 0 Å². The summed E-state index contributed by atoms with van der Waals surface area (Å²) in [5, 5.41) is 11.9. The molecule has 0 aliphatic carbocycles. The summed E-state index contributed by atoms with van der Waals surface area (Å²) in [7, 11) is 0. The number of rotatable bonds is 3. The Balaban J connectivity index is 1.49. The molecule has 2 amide bonds. The van der Waals surface area contributed by atoms with Gasteiger partial charge in [-0.25, -0.2) is 9.18 Å². The summed E-state index contributed by atoms with van der Waals surface area (Å²) < 4.78 is 15.4. The predicted molar refractivity (Wildman–Crippen MR) is 99.6 cm³/mol. The molecule has 0 saturated carbocycles. The average Bonchev–Trinajstić information content (AvgIpc) is 3.23. The van der Waals surface area contributed by atoms with Crippen LogP contribution >= 0.6 is 0 Å². The second kappa shape index (κ2) is 7.66. The van der Waals surface area contributed by atoms with Crippen molar-refractivity contribution in [3.05, 3.63) is 47.3 Å². The Morgan fingerprint density at radius 2 is 1.96 bits per heavy atom. The van der Waals surface area contributed by atoms with Gasteiger partial charge < -0.3 is 14.8 Å². The number of carbonyl (C=O) groups excluding carboxylic acids is 1. The second-order valence-electron chi connectivity index (χ2n) is 7.51. The summed E-state index contributed by atoms with van der Waals surface area (Å²) in [5.74, 6) is 1.70. The van der Waals surface area contributed by atoms with E-state index in [1.807, 2.05) is 11.8 Å². The first kappa shape index (κ1) is 17.9. The fraction of sp³-hybridized carbons (Fsp3) is 0.550. The molecular formula is C20H26FN5O. The Morgan fingerprint density at radius 3 is 2.78 bits per heavy atom. The molecule has 0 radical (unpaired) electrons. The van der Waals surface area contributed by atoms with Crippen LogP contribution in [0.2, 0.25) is 0 Å². The number of aromatic nitrogens is 3. The first-order chi connectivity index (χ1) is 13.1. The van der Waals surface area contributed by atoms with Gasteiger partial charge in [0.15, 0.2) is 5.82 Å². The van der Waals surface area contributed by atoms with E-state index in [1.165, 1.54) is 18.6 Å². The summed E-state index contributed by atoms with van der Waals surface area (Å²) in [4.78, 5) is 14.8. The summed E-state index contributed by atoms with van der Waals surface area (Å²) in [6.07, 6.45) is 6.35. The van der Waals surface area contributed by atoms with Crippen molar-refractivity contribution in [3.8, 4) is 0 Å². The highest BCUT2D eigenvalue weighted by Gasteiger charge is 2.34. The van der Waals surface area contributed by atoms with E-state index in [0.717, 1.165) is 62.4 Å². The fourth-order valence-corrected chi connectivity index (χ4v) is 4.14. The molecule has 27 heavy (non-hydrogen) atoms. The normalized spacial score (nSPS) is 20.8. The smallest absolute Gasteiger partial charge is 0.318 e. The molecule has 2 aromatic rings. The van der Waals surface area contributed by atoms with Crippen molar-refractivity contribution < 1.29 is 9.18 Å². The van der Waals surface area contributed by atoms with Crippen molar-refractivity contribution in [2.75, 3.05) is 6.54 Å². The topological polar surface area (TPSA) is 63.1 Å². The lowest BCUT2D eigenvalue weighted by molar-refractivity contribution is 0.186. The van der Waals surface area contributed by atoms with E-state index in [1.54, 1.807) is 12.1 Å². The van der Waals surface area contributed by atoms with Gasteiger partial charge in [0.25, 0.3) is 0 Å². The van der Waals surface area contributed by atoms with Gasteiger partial charge >= 0.3 is 6.03 Å². The number of urea groups is 1. The van der Waals surface area contributed by atoms with E-state index < -0.39 is 0 Å². The highest BCUT2D eigenvalue weighted by atomic mass is 19.1. The van der Waals surface area contributed by atoms with E-state index in [2.05, 4.69) is 20.1 Å². The molecule has 2 atom stereocenters. The van der Waals surface area contributed by atoms with Gasteiger partial charge in [-0.05, 0) is 50.3 Å². The van der Waals surface area contributed by atoms with Gasteiger partial charge in [0.05, 0.1) is 12.1 Å². The van der Waals surface area contributed by atoms with Crippen molar-refractivity contribution in [2.24, 2.45) is 0 Å². The molecule has 1 N–H and O–H groups in total. The maximum atomic E-state index is 13.1. The molecular weight excluding hydrogens is 345 g/mol. The van der Waals surface area contributed by atoms with Crippen LogP contribution in [0.1, 0.15) is 68.3 Å². The Bertz CT molecular complexity index is 803. The number of carbonyl (C=O) groups is 1. The highest BCUT2D eigenvalue weighted by molar-refractivity contribution is 5.75. The summed E-state index contributed by atoms with van der Waals surface area (Å²) in [5.41, 5.74) is 0.886. The molecule has 1 saturated heterocycles. The van der Waals surface area contributed by atoms with E-state index in [4.69, 9.17) is 0 Å². The maximum absolute atomic E-state index is 13.1. The predicted octanol–water partition coefficient (Wildman–Crippen LogP) is 3.75. The molecule has 4 rings (SSSR count). The molecule has 1 aromatic heterocycles. The molecule has 6 nitrogen and oxygen atoms in total. The Hall–Kier alpha value is -2.44. The minimum Gasteiger partial charge on any atom is -0.331 e. The largest absolute Gasteiger partial charge is 0.331 e. The van der Waals surface area contributed by atoms with Gasteiger partial charge in [0.2, 0.25) is 0 Å². The number of hydrogen-bond donors (Lipinski definition) is 1. The SMILES string of the molecule is C[C@H](NC(=O)N1CCC[C@@H]1c1nnc2n1CCCCC2)c1ccc(F)cc1. The van der Waals surface area contributed by atoms with Gasteiger partial charge in [-0.15, -0.1) is 10.2 Å². The minimum atomic E-state index is -0.274. The number of benzene rings is 1. The minimum absolute atomic E-state index is 0.0234. The average molecular weight is 371 g/mol. The number of hydrogen-bond acceptors (Lipinski definition) is 3. The number of likely N-dealkylation sites (tertiary alicyclic amines) is 1. The molecule has 2 aliphatic heterocycles. The first-order valence-electron chi connectivity index (χ1n) is 9.88. The lowest BCUT2D eigenvalue weighted by Crippen LogP contribution is -2.41. The van der Waals surface area contributed by atoms with Crippen LogP contribution in [-0.4, -0.2) is 32.2 Å². The molecule has 0 bridgehead atoms. The van der Waals surface area contributed by atoms with Crippen LogP contribution in [0, 0.1) is 5.82 Å². The molecule has 1 fully saturated rings. The zero-order valence-electron chi connectivity index (χ0n) is 15.7. The number of aryl methyl sites for hydroxylation is 1. The molecule has 3 heterocycles. The Morgan fingerprint density at radius 1 is 1.15 bits per heavy atom. The van der Waals surface area contributed by atoms with Crippen molar-refractivity contribution in [1.29, 1.82) is 0 Å². The number of nitrogens with one attached hydrogen (secondary N) is 1. The van der Waals surface area contributed by atoms with Crippen LogP contribution in [0.25, 0.3) is 0 Å². The molecule has 144 valence electrons. The van der Waals surface area contributed by atoms with Crippen LogP contribution < -0.4 is 5.32 Å². The first-order valence-corrected chi connectivity index (χ1v) is 9.88. The second-order valence-corrected chi connectivity index (χ2v) is 7.51. The van der Waals surface area contributed by atoms with E-state index in [9.17, 15) is 9.18 Å². The Kier molecular flexibility index (Phi) is 5.09. The van der Waals surface area contributed by atoms with Crippen LogP contribution in [0.3, 0.4) is 0 Å². The quantitative estimate of drug-likeness (QED) is 0.894. The number of halogens is 1. The summed E-state index contributed by atoms with van der Waals surface area (Å²) >= 11 is 0. The van der Waals surface area contributed by atoms with E-state index in [0.29, 0.717) is 0 Å². The lowest BCUT2D eigenvalue weighted by atomic mass is 10.1. The lowest BCUT2D eigenvalue weighted by Gasteiger charge is -2.27. The monoisotopic (exact) mass is 371 g/mol. The third-order valence-electron chi connectivity index (χ3n) is 5.66. The Labute approximate surface area is 158 Å². The zero-order chi connectivity index (χ0) is 18.8. The van der Waals surface area contributed by atoms with Gasteiger partial charge in [-0.3, -0.25) is 0 Å². The zero-order valence-corrected chi connectivity index (χ0v) is 15.7. The van der Waals surface area contributed by atoms with Crippen LogP contribution in [-0.2, 0) is 13.0 Å². The van der Waals surface area contributed by atoms with Crippen molar-refractivity contribution in [3.63, 3.8) is 0 Å². The fourth-order valence-electron chi connectivity index (χ4n) is 4.14. The third kappa shape index (κ3) is 3.68. The molecule has 1 aromatic carbocycles. The standard InChI is InChI=1S/C20H26FN5O/c1-14(15-8-10-16(21)11-9-15)22-20(27)25-13-5-6-17(25)19-24-23-18-7-3-2-4-12-26(18)19/h8-11,14,17H,2-7,12-13H2,1H3,(H,22,27)/t14-,17+/m0/s1. The maximum Gasteiger partial charge on any atom is 0.318 e. The van der Waals surface area contributed by atoms with Gasteiger partial charge in [-0.1, -0.05) is 18.6 Å². The van der Waals surface area contributed by atoms with Gasteiger partial charge in [-0.2, -0.15) is 0 Å². The van der Waals surface area contributed by atoms with Crippen molar-refractivity contribution in [2.45, 2.75) is 64.1 Å².